The quantitative estimate of drug-likeness (QED) is 0.467. The molecule has 0 radical (unpaired) electrons. The summed E-state index contributed by atoms with van der Waals surface area (Å²) in [6.45, 7) is 3.86. The number of hydrogen-bond donors (Lipinski definition) is 0. The number of aromatic nitrogens is 1. The highest BCUT2D eigenvalue weighted by atomic mass is 35.5. The molecule has 1 amide bonds. The summed E-state index contributed by atoms with van der Waals surface area (Å²) in [4.78, 5) is 17.2. The molecule has 0 bridgehead atoms. The first-order valence-corrected chi connectivity index (χ1v) is 10.5. The minimum absolute atomic E-state index is 0.184. The van der Waals surface area contributed by atoms with Crippen molar-refractivity contribution in [1.82, 2.24) is 4.57 Å². The van der Waals surface area contributed by atoms with Gasteiger partial charge >= 0.3 is 0 Å². The average Bonchev–Trinajstić information content (AvgIpc) is 3.00. The Morgan fingerprint density at radius 3 is 2.71 bits per heavy atom. The second kappa shape index (κ2) is 10.1. The van der Waals surface area contributed by atoms with Crippen LogP contribution >= 0.6 is 34.5 Å². The second-order valence-electron chi connectivity index (χ2n) is 5.88. The zero-order valence-electron chi connectivity index (χ0n) is 15.4. The smallest absolute Gasteiger partial charge is 0.251 e. The molecule has 0 N–H and O–H groups in total. The molecule has 8 heteroatoms. The molecule has 5 nitrogen and oxygen atoms in total. The summed E-state index contributed by atoms with van der Waals surface area (Å²) in [7, 11) is 0. The molecule has 1 aromatic heterocycles. The lowest BCUT2D eigenvalue weighted by Crippen LogP contribution is -2.20. The van der Waals surface area contributed by atoms with Gasteiger partial charge in [0.25, 0.3) is 5.91 Å². The van der Waals surface area contributed by atoms with Gasteiger partial charge in [0.1, 0.15) is 5.75 Å². The molecular formula is C20H20Cl2N2O3S. The van der Waals surface area contributed by atoms with Gasteiger partial charge in [0.05, 0.1) is 34.9 Å². The maximum Gasteiger partial charge on any atom is 0.251 e. The molecule has 0 unspecified atom stereocenters. The largest absolute Gasteiger partial charge is 0.493 e. The fraction of sp³-hybridized carbons (Fsp3) is 0.300. The first-order chi connectivity index (χ1) is 13.6. The van der Waals surface area contributed by atoms with Crippen molar-refractivity contribution in [2.45, 2.75) is 19.9 Å². The van der Waals surface area contributed by atoms with Crippen molar-refractivity contribution < 1.29 is 14.3 Å². The summed E-state index contributed by atoms with van der Waals surface area (Å²) in [6, 6.07) is 12.9. The highest BCUT2D eigenvalue weighted by Gasteiger charge is 2.12. The van der Waals surface area contributed by atoms with Crippen molar-refractivity contribution in [2.75, 3.05) is 19.8 Å². The van der Waals surface area contributed by atoms with Crippen LogP contribution in [-0.4, -0.2) is 30.3 Å². The second-order valence-corrected chi connectivity index (χ2v) is 7.74. The molecule has 2 aromatic carbocycles. The fourth-order valence-corrected chi connectivity index (χ4v) is 4.51. The van der Waals surface area contributed by atoms with E-state index in [2.05, 4.69) is 4.99 Å². The number of rotatable bonds is 8. The summed E-state index contributed by atoms with van der Waals surface area (Å²) >= 11 is 13.9. The van der Waals surface area contributed by atoms with Crippen LogP contribution in [-0.2, 0) is 16.1 Å². The number of thiazole rings is 1. The van der Waals surface area contributed by atoms with Crippen LogP contribution in [0.4, 0.5) is 0 Å². The molecule has 3 aromatic rings. The average molecular weight is 439 g/mol. The maximum atomic E-state index is 12.4. The monoisotopic (exact) mass is 438 g/mol. The number of nitrogens with zero attached hydrogens (tertiary/aromatic N) is 2. The van der Waals surface area contributed by atoms with E-state index in [4.69, 9.17) is 32.7 Å². The third kappa shape index (κ3) is 5.35. The van der Waals surface area contributed by atoms with Gasteiger partial charge in [0, 0.05) is 18.2 Å². The first kappa shape index (κ1) is 20.9. The lowest BCUT2D eigenvalue weighted by molar-refractivity contribution is -0.118. The van der Waals surface area contributed by atoms with Crippen LogP contribution in [0.15, 0.2) is 47.5 Å². The molecule has 3 rings (SSSR count). The standard InChI is InChI=1S/C20H20Cl2N2O3S/c1-2-26-11-9-24-19-16(22)12-14(21)13-17(19)28-20(24)23-18(25)8-10-27-15-6-4-3-5-7-15/h3-7,12-13H,2,8-11H2,1H3. The fourth-order valence-electron chi connectivity index (χ4n) is 2.66. The van der Waals surface area contributed by atoms with E-state index in [1.165, 1.54) is 11.3 Å². The van der Waals surface area contributed by atoms with Gasteiger partial charge in [0.15, 0.2) is 4.80 Å². The molecule has 0 aliphatic heterocycles. The molecule has 0 aliphatic carbocycles. The van der Waals surface area contributed by atoms with E-state index in [1.807, 2.05) is 47.9 Å². The van der Waals surface area contributed by atoms with E-state index in [-0.39, 0.29) is 18.9 Å². The van der Waals surface area contributed by atoms with Crippen molar-refractivity contribution in [3.8, 4) is 5.75 Å². The van der Waals surface area contributed by atoms with Crippen LogP contribution in [0.2, 0.25) is 10.0 Å². The summed E-state index contributed by atoms with van der Waals surface area (Å²) in [5.41, 5.74) is 0.808. The highest BCUT2D eigenvalue weighted by molar-refractivity contribution is 7.16. The zero-order chi connectivity index (χ0) is 19.9. The van der Waals surface area contributed by atoms with Crippen LogP contribution in [0.1, 0.15) is 13.3 Å². The van der Waals surface area contributed by atoms with E-state index in [0.29, 0.717) is 34.6 Å². The van der Waals surface area contributed by atoms with Gasteiger partial charge in [-0.2, -0.15) is 4.99 Å². The summed E-state index contributed by atoms with van der Waals surface area (Å²) in [5.74, 6) is 0.472. The number of amides is 1. The number of ether oxygens (including phenoxy) is 2. The van der Waals surface area contributed by atoms with E-state index >= 15 is 0 Å². The maximum absolute atomic E-state index is 12.4. The predicted molar refractivity (Wildman–Crippen MR) is 113 cm³/mol. The number of benzene rings is 2. The van der Waals surface area contributed by atoms with E-state index in [0.717, 1.165) is 16.0 Å². The Morgan fingerprint density at radius 1 is 1.18 bits per heavy atom. The van der Waals surface area contributed by atoms with Gasteiger partial charge in [-0.25, -0.2) is 0 Å². The van der Waals surface area contributed by atoms with Gasteiger partial charge in [0.2, 0.25) is 0 Å². The third-order valence-corrected chi connectivity index (χ3v) is 5.44. The van der Waals surface area contributed by atoms with Crippen LogP contribution in [0, 0.1) is 0 Å². The topological polar surface area (TPSA) is 52.8 Å². The van der Waals surface area contributed by atoms with E-state index < -0.39 is 0 Å². The van der Waals surface area contributed by atoms with Crippen LogP contribution < -0.4 is 9.54 Å². The summed E-state index contributed by atoms with van der Waals surface area (Å²) < 4.78 is 13.8. The lowest BCUT2D eigenvalue weighted by atomic mass is 10.3. The molecular weight excluding hydrogens is 419 g/mol. The molecule has 0 saturated heterocycles. The molecule has 1 heterocycles. The number of halogens is 2. The van der Waals surface area contributed by atoms with E-state index in [1.54, 1.807) is 6.07 Å². The normalized spacial score (nSPS) is 11.9. The van der Waals surface area contributed by atoms with Crippen molar-refractivity contribution in [1.29, 1.82) is 0 Å². The number of hydrogen-bond acceptors (Lipinski definition) is 4. The minimum Gasteiger partial charge on any atom is -0.493 e. The summed E-state index contributed by atoms with van der Waals surface area (Å²) in [6.07, 6.45) is 0.184. The molecule has 0 fully saturated rings. The highest BCUT2D eigenvalue weighted by Crippen LogP contribution is 2.29. The molecule has 148 valence electrons. The van der Waals surface area contributed by atoms with Crippen LogP contribution in [0.3, 0.4) is 0 Å². The SMILES string of the molecule is CCOCCn1c(=NC(=O)CCOc2ccccc2)sc2cc(Cl)cc(Cl)c21. The third-order valence-electron chi connectivity index (χ3n) is 3.91. The Labute approximate surface area is 177 Å². The molecule has 0 saturated carbocycles. The van der Waals surface area contributed by atoms with Gasteiger partial charge in [-0.1, -0.05) is 52.7 Å². The van der Waals surface area contributed by atoms with Gasteiger partial charge in [-0.3, -0.25) is 4.79 Å². The number of carbonyl (C=O) groups is 1. The Hall–Kier alpha value is -1.86. The van der Waals surface area contributed by atoms with Gasteiger partial charge in [-0.15, -0.1) is 0 Å². The number of fused-ring (bicyclic) bond motifs is 1. The van der Waals surface area contributed by atoms with Gasteiger partial charge in [-0.05, 0) is 31.2 Å². The predicted octanol–water partition coefficient (Wildman–Crippen LogP) is 4.94. The Morgan fingerprint density at radius 2 is 1.96 bits per heavy atom. The van der Waals surface area contributed by atoms with Crippen LogP contribution in [0.25, 0.3) is 10.2 Å². The molecule has 0 spiro atoms. The van der Waals surface area contributed by atoms with Crippen molar-refractivity contribution in [3.05, 3.63) is 57.3 Å². The van der Waals surface area contributed by atoms with Crippen molar-refractivity contribution >= 4 is 50.7 Å². The molecule has 0 atom stereocenters. The van der Waals surface area contributed by atoms with Gasteiger partial charge < -0.3 is 14.0 Å². The Kier molecular flexibility index (Phi) is 7.50. The van der Waals surface area contributed by atoms with E-state index in [9.17, 15) is 4.79 Å². The first-order valence-electron chi connectivity index (χ1n) is 8.90. The van der Waals surface area contributed by atoms with Crippen molar-refractivity contribution in [2.24, 2.45) is 4.99 Å². The number of para-hydroxylation sites is 1. The lowest BCUT2D eigenvalue weighted by Gasteiger charge is -2.07. The molecule has 0 aliphatic rings. The van der Waals surface area contributed by atoms with Crippen molar-refractivity contribution in [3.63, 3.8) is 0 Å². The number of carbonyl (C=O) groups excluding carboxylic acids is 1. The zero-order valence-corrected chi connectivity index (χ0v) is 17.7. The molecule has 28 heavy (non-hydrogen) atoms. The summed E-state index contributed by atoms with van der Waals surface area (Å²) in [5, 5.41) is 1.07. The Balaban J connectivity index is 1.82. The minimum atomic E-state index is -0.255. The Bertz CT molecular complexity index is 1020. The van der Waals surface area contributed by atoms with Crippen LogP contribution in [0.5, 0.6) is 5.75 Å².